The summed E-state index contributed by atoms with van der Waals surface area (Å²) in [5.74, 6) is -0.0373. The summed E-state index contributed by atoms with van der Waals surface area (Å²) in [6.45, 7) is 11.2. The third kappa shape index (κ3) is 3.55. The summed E-state index contributed by atoms with van der Waals surface area (Å²) in [7, 11) is 0. The highest BCUT2D eigenvalue weighted by Gasteiger charge is 2.30. The van der Waals surface area contributed by atoms with Gasteiger partial charge in [-0.05, 0) is 42.9 Å². The molecule has 2 rings (SSSR count). The summed E-state index contributed by atoms with van der Waals surface area (Å²) in [6.07, 6.45) is 2.20. The van der Waals surface area contributed by atoms with Crippen LogP contribution in [0.5, 0.6) is 0 Å². The van der Waals surface area contributed by atoms with E-state index in [1.165, 1.54) is 11.5 Å². The predicted octanol–water partition coefficient (Wildman–Crippen LogP) is 1.96. The zero-order valence-corrected chi connectivity index (χ0v) is 13.6. The van der Waals surface area contributed by atoms with E-state index in [2.05, 4.69) is 47.9 Å². The molecule has 0 bridgehead atoms. The van der Waals surface area contributed by atoms with Gasteiger partial charge in [0, 0.05) is 12.0 Å². The van der Waals surface area contributed by atoms with E-state index in [1.807, 2.05) is 0 Å². The highest BCUT2D eigenvalue weighted by Crippen LogP contribution is 2.28. The standard InChI is InChI=1S/C14H24N4OS/c1-13(2,3)11-10(20-18-17-11)12(19)16-9-14(4)5-7-15-8-6-14/h15H,5-9H2,1-4H3,(H,16,19). The predicted molar refractivity (Wildman–Crippen MR) is 81.2 cm³/mol. The number of piperidine rings is 1. The van der Waals surface area contributed by atoms with Crippen LogP contribution < -0.4 is 10.6 Å². The molecule has 20 heavy (non-hydrogen) atoms. The lowest BCUT2D eigenvalue weighted by Gasteiger charge is -2.34. The minimum atomic E-state index is -0.154. The molecule has 0 unspecified atom stereocenters. The molecule has 0 spiro atoms. The Bertz CT molecular complexity index is 472. The van der Waals surface area contributed by atoms with Gasteiger partial charge in [0.15, 0.2) is 0 Å². The molecule has 112 valence electrons. The molecule has 5 nitrogen and oxygen atoms in total. The van der Waals surface area contributed by atoms with Crippen LogP contribution in [0.3, 0.4) is 0 Å². The number of carbonyl (C=O) groups is 1. The quantitative estimate of drug-likeness (QED) is 0.895. The minimum Gasteiger partial charge on any atom is -0.351 e. The smallest absolute Gasteiger partial charge is 0.264 e. The van der Waals surface area contributed by atoms with Crippen molar-refractivity contribution in [2.75, 3.05) is 19.6 Å². The van der Waals surface area contributed by atoms with Gasteiger partial charge in [0.05, 0.1) is 5.69 Å². The summed E-state index contributed by atoms with van der Waals surface area (Å²) < 4.78 is 3.94. The molecule has 1 amide bonds. The van der Waals surface area contributed by atoms with Gasteiger partial charge >= 0.3 is 0 Å². The fourth-order valence-electron chi connectivity index (χ4n) is 2.41. The topological polar surface area (TPSA) is 66.9 Å². The van der Waals surface area contributed by atoms with E-state index in [4.69, 9.17) is 0 Å². The maximum atomic E-state index is 12.4. The van der Waals surface area contributed by atoms with Crippen molar-refractivity contribution >= 4 is 17.4 Å². The van der Waals surface area contributed by atoms with Gasteiger partial charge in [-0.25, -0.2) is 0 Å². The Balaban J connectivity index is 2.00. The molecule has 0 atom stereocenters. The van der Waals surface area contributed by atoms with Crippen molar-refractivity contribution in [3.8, 4) is 0 Å². The molecule has 1 aromatic heterocycles. The Morgan fingerprint density at radius 2 is 2.05 bits per heavy atom. The van der Waals surface area contributed by atoms with Crippen molar-refractivity contribution in [1.82, 2.24) is 20.2 Å². The van der Waals surface area contributed by atoms with E-state index < -0.39 is 0 Å². The highest BCUT2D eigenvalue weighted by molar-refractivity contribution is 7.08. The molecule has 2 N–H and O–H groups in total. The van der Waals surface area contributed by atoms with Gasteiger partial charge in [0.1, 0.15) is 4.88 Å². The van der Waals surface area contributed by atoms with Crippen molar-refractivity contribution < 1.29 is 4.79 Å². The lowest BCUT2D eigenvalue weighted by Crippen LogP contribution is -2.43. The van der Waals surface area contributed by atoms with Crippen molar-refractivity contribution in [3.63, 3.8) is 0 Å². The number of carbonyl (C=O) groups excluding carboxylic acids is 1. The third-order valence-electron chi connectivity index (χ3n) is 3.89. The molecule has 0 saturated carbocycles. The first kappa shape index (κ1) is 15.4. The van der Waals surface area contributed by atoms with Crippen molar-refractivity contribution in [2.24, 2.45) is 5.41 Å². The van der Waals surface area contributed by atoms with Crippen molar-refractivity contribution in [1.29, 1.82) is 0 Å². The molecule has 0 aromatic carbocycles. The monoisotopic (exact) mass is 296 g/mol. The highest BCUT2D eigenvalue weighted by atomic mass is 32.1. The number of aromatic nitrogens is 2. The molecule has 1 aliphatic rings. The summed E-state index contributed by atoms with van der Waals surface area (Å²) in [5, 5.41) is 10.5. The van der Waals surface area contributed by atoms with Crippen LogP contribution in [0.1, 0.15) is 55.9 Å². The Morgan fingerprint density at radius 3 is 2.65 bits per heavy atom. The van der Waals surface area contributed by atoms with E-state index in [1.54, 1.807) is 0 Å². The molecule has 0 aliphatic carbocycles. The zero-order valence-electron chi connectivity index (χ0n) is 12.7. The number of amides is 1. The normalized spacial score (nSPS) is 18.8. The molecule has 2 heterocycles. The van der Waals surface area contributed by atoms with Gasteiger partial charge < -0.3 is 10.6 Å². The molecule has 0 radical (unpaired) electrons. The average Bonchev–Trinajstić information content (AvgIpc) is 2.86. The van der Waals surface area contributed by atoms with Gasteiger partial charge in [-0.15, -0.1) is 5.10 Å². The Hall–Kier alpha value is -1.01. The second-order valence-corrected chi connectivity index (χ2v) is 7.70. The van der Waals surface area contributed by atoms with E-state index in [-0.39, 0.29) is 16.7 Å². The fourth-order valence-corrected chi connectivity index (χ4v) is 3.20. The summed E-state index contributed by atoms with van der Waals surface area (Å²) in [4.78, 5) is 13.0. The molecule has 1 fully saturated rings. The second kappa shape index (κ2) is 5.77. The molecule has 6 heteroatoms. The molecular weight excluding hydrogens is 272 g/mol. The Kier molecular flexibility index (Phi) is 4.44. The first-order chi connectivity index (χ1) is 9.32. The summed E-state index contributed by atoms with van der Waals surface area (Å²) in [6, 6.07) is 0. The van der Waals surface area contributed by atoms with Crippen molar-refractivity contribution in [2.45, 2.75) is 46.0 Å². The number of hydrogen-bond acceptors (Lipinski definition) is 5. The SMILES string of the molecule is CC1(CNC(=O)c2snnc2C(C)(C)C)CCNCC1. The van der Waals surface area contributed by atoms with Crippen LogP contribution in [0.15, 0.2) is 0 Å². The van der Waals surface area contributed by atoms with Gasteiger partial charge in [0.2, 0.25) is 0 Å². The van der Waals surface area contributed by atoms with Crippen molar-refractivity contribution in [3.05, 3.63) is 10.6 Å². The maximum absolute atomic E-state index is 12.4. The average molecular weight is 296 g/mol. The summed E-state index contributed by atoms with van der Waals surface area (Å²) in [5.41, 5.74) is 0.828. The zero-order chi connectivity index (χ0) is 14.8. The van der Waals surface area contributed by atoms with Crippen LogP contribution in [0.4, 0.5) is 0 Å². The van der Waals surface area contributed by atoms with Crippen LogP contribution in [-0.2, 0) is 5.41 Å². The van der Waals surface area contributed by atoms with Gasteiger partial charge in [-0.2, -0.15) is 0 Å². The van der Waals surface area contributed by atoms with Crippen LogP contribution in [-0.4, -0.2) is 35.1 Å². The van der Waals surface area contributed by atoms with E-state index >= 15 is 0 Å². The van der Waals surface area contributed by atoms with Crippen LogP contribution in [0.2, 0.25) is 0 Å². The summed E-state index contributed by atoms with van der Waals surface area (Å²) >= 11 is 1.18. The van der Waals surface area contributed by atoms with E-state index in [9.17, 15) is 4.79 Å². The lowest BCUT2D eigenvalue weighted by molar-refractivity contribution is 0.0924. The van der Waals surface area contributed by atoms with E-state index in [0.29, 0.717) is 4.88 Å². The maximum Gasteiger partial charge on any atom is 0.264 e. The second-order valence-electron chi connectivity index (χ2n) is 6.94. The fraction of sp³-hybridized carbons (Fsp3) is 0.786. The molecular formula is C14H24N4OS. The first-order valence-corrected chi connectivity index (χ1v) is 7.91. The van der Waals surface area contributed by atoms with Crippen LogP contribution in [0.25, 0.3) is 0 Å². The van der Waals surface area contributed by atoms with Gasteiger partial charge in [-0.1, -0.05) is 32.2 Å². The van der Waals surface area contributed by atoms with Crippen LogP contribution in [0, 0.1) is 5.41 Å². The van der Waals surface area contributed by atoms with E-state index in [0.717, 1.165) is 38.2 Å². The minimum absolute atomic E-state index is 0.0373. The molecule has 1 aliphatic heterocycles. The Labute approximate surface area is 124 Å². The number of rotatable bonds is 3. The van der Waals surface area contributed by atoms with Crippen LogP contribution >= 0.6 is 11.5 Å². The number of nitrogens with one attached hydrogen (secondary N) is 2. The third-order valence-corrected chi connectivity index (χ3v) is 4.62. The molecule has 1 aromatic rings. The largest absolute Gasteiger partial charge is 0.351 e. The molecule has 1 saturated heterocycles. The number of hydrogen-bond donors (Lipinski definition) is 2. The Morgan fingerprint density at radius 1 is 1.40 bits per heavy atom. The lowest BCUT2D eigenvalue weighted by atomic mass is 9.81. The first-order valence-electron chi connectivity index (χ1n) is 7.14. The number of nitrogens with zero attached hydrogens (tertiary/aromatic N) is 2. The van der Waals surface area contributed by atoms with Gasteiger partial charge in [-0.3, -0.25) is 4.79 Å². The van der Waals surface area contributed by atoms with Gasteiger partial charge in [0.25, 0.3) is 5.91 Å².